The normalized spacial score (nSPS) is 31.1. The molecule has 1 heterocycles. The summed E-state index contributed by atoms with van der Waals surface area (Å²) in [6, 6.07) is 5.68. The Kier molecular flexibility index (Phi) is 3.41. The number of carbonyl (C=O) groups is 1. The SMILES string of the molecule is N#Cc1cc(CNC2C3CCC(C3)C2C(=O)O)ccn1. The van der Waals surface area contributed by atoms with Crippen LogP contribution < -0.4 is 5.32 Å². The van der Waals surface area contributed by atoms with E-state index in [4.69, 9.17) is 5.26 Å². The van der Waals surface area contributed by atoms with Crippen LogP contribution in [0.1, 0.15) is 30.5 Å². The largest absolute Gasteiger partial charge is 0.481 e. The zero-order chi connectivity index (χ0) is 14.1. The van der Waals surface area contributed by atoms with E-state index in [1.165, 1.54) is 0 Å². The van der Waals surface area contributed by atoms with E-state index in [0.717, 1.165) is 24.8 Å². The third-order valence-corrected chi connectivity index (χ3v) is 4.68. The first-order valence-corrected chi connectivity index (χ1v) is 7.00. The molecule has 2 saturated carbocycles. The number of hydrogen-bond donors (Lipinski definition) is 2. The lowest BCUT2D eigenvalue weighted by atomic mass is 9.84. The number of carboxylic acids is 1. The molecule has 0 radical (unpaired) electrons. The van der Waals surface area contributed by atoms with Crippen molar-refractivity contribution in [3.63, 3.8) is 0 Å². The van der Waals surface area contributed by atoms with Crippen molar-refractivity contribution in [1.29, 1.82) is 5.26 Å². The molecule has 0 amide bonds. The van der Waals surface area contributed by atoms with Crippen molar-refractivity contribution in [2.24, 2.45) is 17.8 Å². The smallest absolute Gasteiger partial charge is 0.308 e. The first-order chi connectivity index (χ1) is 9.69. The van der Waals surface area contributed by atoms with Crippen molar-refractivity contribution in [3.05, 3.63) is 29.6 Å². The summed E-state index contributed by atoms with van der Waals surface area (Å²) in [6.45, 7) is 0.592. The number of aromatic nitrogens is 1. The van der Waals surface area contributed by atoms with Crippen LogP contribution in [-0.2, 0) is 11.3 Å². The summed E-state index contributed by atoms with van der Waals surface area (Å²) in [5.41, 5.74) is 1.37. The molecular formula is C15H17N3O2. The fourth-order valence-electron chi connectivity index (χ4n) is 3.82. The topological polar surface area (TPSA) is 86.0 Å². The molecule has 20 heavy (non-hydrogen) atoms. The second-order valence-corrected chi connectivity index (χ2v) is 5.77. The summed E-state index contributed by atoms with van der Waals surface area (Å²) >= 11 is 0. The van der Waals surface area contributed by atoms with Gasteiger partial charge in [0.2, 0.25) is 0 Å². The number of pyridine rings is 1. The van der Waals surface area contributed by atoms with Crippen LogP contribution in [0.2, 0.25) is 0 Å². The Hall–Kier alpha value is -1.93. The van der Waals surface area contributed by atoms with E-state index in [-0.39, 0.29) is 12.0 Å². The summed E-state index contributed by atoms with van der Waals surface area (Å²) < 4.78 is 0. The van der Waals surface area contributed by atoms with Gasteiger partial charge in [-0.05, 0) is 48.8 Å². The van der Waals surface area contributed by atoms with Gasteiger partial charge in [0.05, 0.1) is 5.92 Å². The van der Waals surface area contributed by atoms with Crippen molar-refractivity contribution in [1.82, 2.24) is 10.3 Å². The van der Waals surface area contributed by atoms with Gasteiger partial charge in [0.1, 0.15) is 11.8 Å². The molecule has 2 bridgehead atoms. The third-order valence-electron chi connectivity index (χ3n) is 4.68. The van der Waals surface area contributed by atoms with Crippen LogP contribution in [0.4, 0.5) is 0 Å². The number of nitrogens with one attached hydrogen (secondary N) is 1. The van der Waals surface area contributed by atoms with Gasteiger partial charge in [-0.1, -0.05) is 0 Å². The van der Waals surface area contributed by atoms with E-state index < -0.39 is 5.97 Å². The van der Waals surface area contributed by atoms with E-state index in [2.05, 4.69) is 10.3 Å². The van der Waals surface area contributed by atoms with Gasteiger partial charge in [-0.25, -0.2) is 4.98 Å². The number of fused-ring (bicyclic) bond motifs is 2. The Morgan fingerprint density at radius 2 is 2.30 bits per heavy atom. The van der Waals surface area contributed by atoms with Gasteiger partial charge >= 0.3 is 5.97 Å². The highest BCUT2D eigenvalue weighted by molar-refractivity contribution is 5.72. The highest BCUT2D eigenvalue weighted by atomic mass is 16.4. The lowest BCUT2D eigenvalue weighted by Gasteiger charge is -2.29. The molecule has 2 fully saturated rings. The Labute approximate surface area is 117 Å². The van der Waals surface area contributed by atoms with E-state index in [1.54, 1.807) is 12.3 Å². The molecule has 4 unspecified atom stereocenters. The molecule has 5 nitrogen and oxygen atoms in total. The van der Waals surface area contributed by atoms with Crippen molar-refractivity contribution in [2.45, 2.75) is 31.8 Å². The molecule has 2 N–H and O–H groups in total. The number of nitriles is 1. The minimum Gasteiger partial charge on any atom is -0.481 e. The van der Waals surface area contributed by atoms with E-state index >= 15 is 0 Å². The molecule has 2 aliphatic rings. The van der Waals surface area contributed by atoms with Crippen LogP contribution in [0.15, 0.2) is 18.3 Å². The minimum absolute atomic E-state index is 0.0601. The maximum absolute atomic E-state index is 11.4. The molecule has 0 aromatic carbocycles. The third kappa shape index (κ3) is 2.27. The van der Waals surface area contributed by atoms with Crippen molar-refractivity contribution >= 4 is 5.97 Å². The van der Waals surface area contributed by atoms with Gasteiger partial charge in [0, 0.05) is 18.8 Å². The quantitative estimate of drug-likeness (QED) is 0.867. The molecule has 1 aromatic heterocycles. The zero-order valence-corrected chi connectivity index (χ0v) is 11.1. The lowest BCUT2D eigenvalue weighted by molar-refractivity contribution is -0.144. The van der Waals surface area contributed by atoms with E-state index in [0.29, 0.717) is 24.1 Å². The number of carboxylic acid groups (broad SMARTS) is 1. The van der Waals surface area contributed by atoms with Crippen LogP contribution in [0.5, 0.6) is 0 Å². The number of rotatable bonds is 4. The molecule has 0 aliphatic heterocycles. The number of hydrogen-bond acceptors (Lipinski definition) is 4. The average Bonchev–Trinajstić information content (AvgIpc) is 3.05. The monoisotopic (exact) mass is 271 g/mol. The Morgan fingerprint density at radius 1 is 1.50 bits per heavy atom. The number of nitrogens with zero attached hydrogens (tertiary/aromatic N) is 2. The summed E-state index contributed by atoms with van der Waals surface area (Å²) in [5.74, 6) is -0.117. The minimum atomic E-state index is -0.679. The van der Waals surface area contributed by atoms with E-state index in [9.17, 15) is 9.90 Å². The van der Waals surface area contributed by atoms with Crippen molar-refractivity contribution < 1.29 is 9.90 Å². The highest BCUT2D eigenvalue weighted by Gasteiger charge is 2.50. The fourth-order valence-corrected chi connectivity index (χ4v) is 3.82. The molecule has 5 heteroatoms. The van der Waals surface area contributed by atoms with Crippen LogP contribution in [-0.4, -0.2) is 22.1 Å². The molecular weight excluding hydrogens is 254 g/mol. The maximum Gasteiger partial charge on any atom is 0.308 e. The standard InChI is InChI=1S/C15H17N3O2/c16-7-12-5-9(3-4-17-12)8-18-14-11-2-1-10(6-11)13(14)15(19)20/h3-5,10-11,13-14,18H,1-2,6,8H2,(H,19,20). The van der Waals surface area contributed by atoms with Gasteiger partial charge in [-0.3, -0.25) is 4.79 Å². The first-order valence-electron chi connectivity index (χ1n) is 7.00. The second-order valence-electron chi connectivity index (χ2n) is 5.77. The van der Waals surface area contributed by atoms with Crippen LogP contribution >= 0.6 is 0 Å². The molecule has 4 atom stereocenters. The van der Waals surface area contributed by atoms with Crippen LogP contribution in [0, 0.1) is 29.1 Å². The van der Waals surface area contributed by atoms with Gasteiger partial charge in [-0.15, -0.1) is 0 Å². The predicted octanol–water partition coefficient (Wildman–Crippen LogP) is 1.54. The summed E-state index contributed by atoms with van der Waals surface area (Å²) in [7, 11) is 0. The van der Waals surface area contributed by atoms with Crippen LogP contribution in [0.25, 0.3) is 0 Å². The molecule has 3 rings (SSSR count). The second kappa shape index (κ2) is 5.22. The molecule has 1 aromatic rings. The Morgan fingerprint density at radius 3 is 3.05 bits per heavy atom. The Balaban J connectivity index is 1.68. The average molecular weight is 271 g/mol. The van der Waals surface area contributed by atoms with E-state index in [1.807, 2.05) is 12.1 Å². The predicted molar refractivity (Wildman–Crippen MR) is 71.5 cm³/mol. The van der Waals surface area contributed by atoms with Crippen molar-refractivity contribution in [3.8, 4) is 6.07 Å². The van der Waals surface area contributed by atoms with Gasteiger partial charge in [0.15, 0.2) is 0 Å². The number of aliphatic carboxylic acids is 1. The maximum atomic E-state index is 11.4. The van der Waals surface area contributed by atoms with Gasteiger partial charge in [0.25, 0.3) is 0 Å². The molecule has 0 saturated heterocycles. The summed E-state index contributed by atoms with van der Waals surface area (Å²) in [6.07, 6.45) is 4.83. The van der Waals surface area contributed by atoms with Gasteiger partial charge < -0.3 is 10.4 Å². The highest BCUT2D eigenvalue weighted by Crippen LogP contribution is 2.48. The molecule has 0 spiro atoms. The summed E-state index contributed by atoms with van der Waals surface area (Å²) in [4.78, 5) is 15.4. The first kappa shape index (κ1) is 13.1. The summed E-state index contributed by atoms with van der Waals surface area (Å²) in [5, 5.41) is 21.6. The Bertz CT molecular complexity index is 566. The zero-order valence-electron chi connectivity index (χ0n) is 11.1. The fraction of sp³-hybridized carbons (Fsp3) is 0.533. The molecule has 104 valence electrons. The lowest BCUT2D eigenvalue weighted by Crippen LogP contribution is -2.43. The van der Waals surface area contributed by atoms with Crippen molar-refractivity contribution in [2.75, 3.05) is 0 Å². The van der Waals surface area contributed by atoms with Gasteiger partial charge in [-0.2, -0.15) is 5.26 Å². The van der Waals surface area contributed by atoms with Crippen LogP contribution in [0.3, 0.4) is 0 Å². The molecule has 2 aliphatic carbocycles.